The number of likely N-dealkylation sites (tertiary alicyclic amines) is 1. The molecule has 1 saturated heterocycles. The predicted molar refractivity (Wildman–Crippen MR) is 94.5 cm³/mol. The molecule has 1 aliphatic carbocycles. The summed E-state index contributed by atoms with van der Waals surface area (Å²) in [5.74, 6) is 1.31. The van der Waals surface area contributed by atoms with Crippen LogP contribution in [0, 0.1) is 5.92 Å². The van der Waals surface area contributed by atoms with Crippen LogP contribution in [0.3, 0.4) is 0 Å². The molecule has 1 aromatic rings. The Labute approximate surface area is 143 Å². The molecule has 0 bridgehead atoms. The Bertz CT molecular complexity index is 490. The molecule has 5 heteroatoms. The zero-order chi connectivity index (χ0) is 15.9. The highest BCUT2D eigenvalue weighted by Crippen LogP contribution is 2.28. The van der Waals surface area contributed by atoms with Gasteiger partial charge in [0.25, 0.3) is 0 Å². The quantitative estimate of drug-likeness (QED) is 0.642. The highest BCUT2D eigenvalue weighted by molar-refractivity contribution is 7.99. The van der Waals surface area contributed by atoms with E-state index in [9.17, 15) is 4.79 Å². The van der Waals surface area contributed by atoms with E-state index in [-0.39, 0.29) is 11.8 Å². The third-order valence-corrected chi connectivity index (χ3v) is 5.90. The first kappa shape index (κ1) is 16.8. The van der Waals surface area contributed by atoms with Crippen molar-refractivity contribution in [3.63, 3.8) is 0 Å². The number of carbonyl (C=O) groups is 1. The number of hydrogen-bond donors (Lipinski definition) is 1. The molecule has 2 aliphatic rings. The predicted octanol–water partition coefficient (Wildman–Crippen LogP) is 2.94. The third-order valence-electron chi connectivity index (χ3n) is 4.95. The van der Waals surface area contributed by atoms with E-state index in [2.05, 4.69) is 15.2 Å². The van der Waals surface area contributed by atoms with Crippen molar-refractivity contribution >= 4 is 17.7 Å². The number of nitrogens with one attached hydrogen (secondary N) is 1. The number of piperidine rings is 1. The molecular formula is C18H27N3OS. The van der Waals surface area contributed by atoms with Gasteiger partial charge in [0.2, 0.25) is 5.91 Å². The minimum atomic E-state index is 0.184. The van der Waals surface area contributed by atoms with Crippen LogP contribution in [0.1, 0.15) is 38.5 Å². The zero-order valence-corrected chi connectivity index (χ0v) is 14.6. The molecule has 1 aromatic heterocycles. The highest BCUT2D eigenvalue weighted by Gasteiger charge is 2.30. The van der Waals surface area contributed by atoms with Crippen molar-refractivity contribution in [1.82, 2.24) is 15.2 Å². The molecule has 0 radical (unpaired) electrons. The molecule has 2 heterocycles. The van der Waals surface area contributed by atoms with Crippen molar-refractivity contribution < 1.29 is 4.79 Å². The fraction of sp³-hybridized carbons (Fsp3) is 0.667. The second-order valence-electron chi connectivity index (χ2n) is 6.58. The third kappa shape index (κ3) is 4.95. The number of hydrogen-bond acceptors (Lipinski definition) is 4. The van der Waals surface area contributed by atoms with E-state index in [1.165, 1.54) is 32.2 Å². The summed E-state index contributed by atoms with van der Waals surface area (Å²) in [6.07, 6.45) is 9.40. The first-order valence-electron chi connectivity index (χ1n) is 8.88. The van der Waals surface area contributed by atoms with E-state index in [4.69, 9.17) is 0 Å². The van der Waals surface area contributed by atoms with Crippen molar-refractivity contribution in [3.8, 4) is 0 Å². The van der Waals surface area contributed by atoms with Crippen LogP contribution in [0.4, 0.5) is 0 Å². The average molecular weight is 334 g/mol. The number of aromatic nitrogens is 1. The lowest BCUT2D eigenvalue weighted by molar-refractivity contribution is -0.126. The van der Waals surface area contributed by atoms with Gasteiger partial charge in [-0.15, -0.1) is 11.8 Å². The van der Waals surface area contributed by atoms with Gasteiger partial charge in [0.15, 0.2) is 0 Å². The summed E-state index contributed by atoms with van der Waals surface area (Å²) in [6.45, 7) is 2.87. The van der Waals surface area contributed by atoms with Crippen molar-refractivity contribution in [2.45, 2.75) is 49.6 Å². The molecule has 23 heavy (non-hydrogen) atoms. The van der Waals surface area contributed by atoms with Crippen LogP contribution in [0.2, 0.25) is 0 Å². The van der Waals surface area contributed by atoms with Crippen LogP contribution in [-0.2, 0) is 4.79 Å². The number of thioether (sulfide) groups is 1. The van der Waals surface area contributed by atoms with Gasteiger partial charge in [0.05, 0.1) is 10.9 Å². The Balaban J connectivity index is 1.37. The van der Waals surface area contributed by atoms with Gasteiger partial charge >= 0.3 is 0 Å². The summed E-state index contributed by atoms with van der Waals surface area (Å²) < 4.78 is 0. The molecule has 1 saturated carbocycles. The maximum atomic E-state index is 12.4. The summed E-state index contributed by atoms with van der Waals surface area (Å²) >= 11 is 1.69. The molecule has 0 unspecified atom stereocenters. The minimum absolute atomic E-state index is 0.184. The Morgan fingerprint density at radius 3 is 2.91 bits per heavy atom. The van der Waals surface area contributed by atoms with E-state index in [0.717, 1.165) is 42.8 Å². The normalized spacial score (nSPS) is 23.0. The first-order chi connectivity index (χ1) is 11.3. The fourth-order valence-corrected chi connectivity index (χ4v) is 4.45. The summed E-state index contributed by atoms with van der Waals surface area (Å²) in [5, 5.41) is 4.14. The smallest absolute Gasteiger partial charge is 0.224 e. The summed E-state index contributed by atoms with van der Waals surface area (Å²) in [4.78, 5) is 19.3. The molecule has 3 rings (SSSR count). The van der Waals surface area contributed by atoms with Gasteiger partial charge in [0.1, 0.15) is 0 Å². The molecule has 1 aliphatic heterocycles. The van der Waals surface area contributed by atoms with Gasteiger partial charge in [-0.05, 0) is 44.4 Å². The van der Waals surface area contributed by atoms with Crippen LogP contribution in [0.5, 0.6) is 0 Å². The van der Waals surface area contributed by atoms with E-state index in [1.807, 2.05) is 18.2 Å². The molecule has 2 fully saturated rings. The SMILES string of the molecule is O=C(NCCSc1ccccn1)[C@@H]1CCCN(C2CCCC2)C1. The average Bonchev–Trinajstić information content (AvgIpc) is 3.14. The minimum Gasteiger partial charge on any atom is -0.355 e. The van der Waals surface area contributed by atoms with Gasteiger partial charge in [-0.2, -0.15) is 0 Å². The molecule has 1 N–H and O–H groups in total. The van der Waals surface area contributed by atoms with E-state index >= 15 is 0 Å². The molecule has 1 amide bonds. The zero-order valence-electron chi connectivity index (χ0n) is 13.7. The molecule has 4 nitrogen and oxygen atoms in total. The number of rotatable bonds is 6. The largest absolute Gasteiger partial charge is 0.355 e. The highest BCUT2D eigenvalue weighted by atomic mass is 32.2. The van der Waals surface area contributed by atoms with Crippen LogP contribution in [-0.4, -0.2) is 47.2 Å². The van der Waals surface area contributed by atoms with Gasteiger partial charge in [-0.3, -0.25) is 9.69 Å². The standard InChI is InChI=1S/C18H27N3OS/c22-18(20-11-13-23-17-9-3-4-10-19-17)15-6-5-12-21(14-15)16-7-1-2-8-16/h3-4,9-10,15-16H,1-2,5-8,11-14H2,(H,20,22)/t15-/m1/s1. The van der Waals surface area contributed by atoms with Crippen molar-refractivity contribution in [2.24, 2.45) is 5.92 Å². The van der Waals surface area contributed by atoms with Crippen molar-refractivity contribution in [1.29, 1.82) is 0 Å². The number of nitrogens with zero attached hydrogens (tertiary/aromatic N) is 2. The van der Waals surface area contributed by atoms with Gasteiger partial charge in [-0.25, -0.2) is 4.98 Å². The monoisotopic (exact) mass is 333 g/mol. The lowest BCUT2D eigenvalue weighted by Crippen LogP contribution is -2.46. The Kier molecular flexibility index (Phi) is 6.34. The van der Waals surface area contributed by atoms with E-state index in [1.54, 1.807) is 18.0 Å². The Hall–Kier alpha value is -1.07. The summed E-state index contributed by atoms with van der Waals surface area (Å²) in [6, 6.07) is 6.66. The maximum Gasteiger partial charge on any atom is 0.224 e. The summed E-state index contributed by atoms with van der Waals surface area (Å²) in [5.41, 5.74) is 0. The molecule has 0 aromatic carbocycles. The van der Waals surface area contributed by atoms with E-state index in [0.29, 0.717) is 0 Å². The lowest BCUT2D eigenvalue weighted by atomic mass is 9.95. The summed E-state index contributed by atoms with van der Waals surface area (Å²) in [7, 11) is 0. The second kappa shape index (κ2) is 8.69. The maximum absolute atomic E-state index is 12.4. The van der Waals surface area contributed by atoms with Crippen LogP contribution >= 0.6 is 11.8 Å². The van der Waals surface area contributed by atoms with E-state index < -0.39 is 0 Å². The topological polar surface area (TPSA) is 45.2 Å². The van der Waals surface area contributed by atoms with Crippen LogP contribution in [0.15, 0.2) is 29.4 Å². The van der Waals surface area contributed by atoms with Crippen LogP contribution in [0.25, 0.3) is 0 Å². The second-order valence-corrected chi connectivity index (χ2v) is 7.70. The van der Waals surface area contributed by atoms with Crippen molar-refractivity contribution in [2.75, 3.05) is 25.4 Å². The number of carbonyl (C=O) groups excluding carboxylic acids is 1. The number of amides is 1. The van der Waals surface area contributed by atoms with Crippen LogP contribution < -0.4 is 5.32 Å². The molecule has 126 valence electrons. The van der Waals surface area contributed by atoms with Crippen molar-refractivity contribution in [3.05, 3.63) is 24.4 Å². The number of pyridine rings is 1. The van der Waals surface area contributed by atoms with Gasteiger partial charge in [-0.1, -0.05) is 18.9 Å². The first-order valence-corrected chi connectivity index (χ1v) is 9.87. The lowest BCUT2D eigenvalue weighted by Gasteiger charge is -2.36. The van der Waals surface area contributed by atoms with Gasteiger partial charge < -0.3 is 5.32 Å². The molecule has 1 atom stereocenters. The molecular weight excluding hydrogens is 306 g/mol. The Morgan fingerprint density at radius 1 is 1.26 bits per heavy atom. The van der Waals surface area contributed by atoms with Gasteiger partial charge in [0, 0.05) is 31.1 Å². The fourth-order valence-electron chi connectivity index (χ4n) is 3.73. The Morgan fingerprint density at radius 2 is 2.13 bits per heavy atom. The molecule has 0 spiro atoms.